The largest absolute Gasteiger partial charge is 0.322 e. The fourth-order valence-corrected chi connectivity index (χ4v) is 3.70. The first-order chi connectivity index (χ1) is 13.0. The minimum absolute atomic E-state index is 0.0202. The number of hydrogen-bond donors (Lipinski definition) is 1. The Morgan fingerprint density at radius 2 is 1.78 bits per heavy atom. The molecule has 3 rings (SSSR count). The van der Waals surface area contributed by atoms with Crippen LogP contribution in [0.15, 0.2) is 42.5 Å². The zero-order chi connectivity index (χ0) is 19.4. The maximum Gasteiger partial charge on any atom is 0.241 e. The fourth-order valence-electron chi connectivity index (χ4n) is 3.21. The van der Waals surface area contributed by atoms with Crippen LogP contribution in [-0.2, 0) is 16.0 Å². The number of halogens is 2. The van der Waals surface area contributed by atoms with Gasteiger partial charge in [-0.05, 0) is 43.7 Å². The van der Waals surface area contributed by atoms with Crippen molar-refractivity contribution in [3.05, 3.63) is 58.1 Å². The van der Waals surface area contributed by atoms with Gasteiger partial charge < -0.3 is 10.2 Å². The average Bonchev–Trinajstić information content (AvgIpc) is 2.64. The first-order valence-corrected chi connectivity index (χ1v) is 9.52. The number of anilines is 2. The van der Waals surface area contributed by atoms with Gasteiger partial charge in [0.1, 0.15) is 0 Å². The highest BCUT2D eigenvalue weighted by Gasteiger charge is 2.23. The number of carbonyl (C=O) groups is 2. The van der Waals surface area contributed by atoms with Crippen molar-refractivity contribution < 1.29 is 9.59 Å². The molecule has 0 atom stereocenters. The van der Waals surface area contributed by atoms with Gasteiger partial charge in [-0.1, -0.05) is 47.5 Å². The molecule has 0 bridgehead atoms. The third kappa shape index (κ3) is 4.80. The van der Waals surface area contributed by atoms with Crippen LogP contribution in [0, 0.1) is 0 Å². The van der Waals surface area contributed by atoms with Crippen LogP contribution in [0.1, 0.15) is 12.0 Å². The Hall–Kier alpha value is -2.08. The van der Waals surface area contributed by atoms with Crippen LogP contribution in [0.2, 0.25) is 10.0 Å². The Bertz CT molecular complexity index is 837. The van der Waals surface area contributed by atoms with Gasteiger partial charge in [-0.25, -0.2) is 0 Å². The monoisotopic (exact) mass is 405 g/mol. The van der Waals surface area contributed by atoms with Gasteiger partial charge in [0.05, 0.1) is 28.8 Å². The Kier molecular flexibility index (Phi) is 6.37. The van der Waals surface area contributed by atoms with Crippen LogP contribution in [0.4, 0.5) is 11.4 Å². The van der Waals surface area contributed by atoms with Crippen molar-refractivity contribution in [2.75, 3.05) is 36.9 Å². The highest BCUT2D eigenvalue weighted by molar-refractivity contribution is 6.39. The lowest BCUT2D eigenvalue weighted by Gasteiger charge is -2.30. The summed E-state index contributed by atoms with van der Waals surface area (Å²) in [7, 11) is 1.74. The third-order valence-electron chi connectivity index (χ3n) is 4.46. The van der Waals surface area contributed by atoms with Gasteiger partial charge in [0.25, 0.3) is 0 Å². The zero-order valence-corrected chi connectivity index (χ0v) is 16.6. The number of benzene rings is 2. The number of likely N-dealkylation sites (N-methyl/N-ethyl adjacent to an activating group) is 1. The number of carbonyl (C=O) groups excluding carboxylic acids is 2. The number of nitrogens with one attached hydrogen (secondary N) is 1. The predicted molar refractivity (Wildman–Crippen MR) is 110 cm³/mol. The summed E-state index contributed by atoms with van der Waals surface area (Å²) in [5.41, 5.74) is 2.54. The molecular weight excluding hydrogens is 385 g/mol. The maximum atomic E-state index is 12.7. The normalized spacial score (nSPS) is 13.4. The van der Waals surface area contributed by atoms with Crippen molar-refractivity contribution in [3.8, 4) is 0 Å². The van der Waals surface area contributed by atoms with Gasteiger partial charge in [0.2, 0.25) is 11.8 Å². The van der Waals surface area contributed by atoms with Gasteiger partial charge in [-0.15, -0.1) is 0 Å². The molecule has 0 spiro atoms. The van der Waals surface area contributed by atoms with E-state index in [0.29, 0.717) is 22.3 Å². The van der Waals surface area contributed by atoms with Gasteiger partial charge in [-0.2, -0.15) is 0 Å². The van der Waals surface area contributed by atoms with Gasteiger partial charge >= 0.3 is 0 Å². The number of rotatable bonds is 5. The molecule has 5 nitrogen and oxygen atoms in total. The maximum absolute atomic E-state index is 12.7. The van der Waals surface area contributed by atoms with Gasteiger partial charge in [0, 0.05) is 12.2 Å². The van der Waals surface area contributed by atoms with E-state index in [9.17, 15) is 9.59 Å². The summed E-state index contributed by atoms with van der Waals surface area (Å²) in [4.78, 5) is 28.5. The Morgan fingerprint density at radius 3 is 2.52 bits per heavy atom. The SMILES string of the molecule is CN(CC(=O)Nc1c(Cl)cccc1Cl)CC(=O)N1CCCc2ccccc21. The first kappa shape index (κ1) is 19.7. The van der Waals surface area contributed by atoms with Crippen molar-refractivity contribution >= 4 is 46.4 Å². The number of amides is 2. The van der Waals surface area contributed by atoms with Crippen LogP contribution in [0.3, 0.4) is 0 Å². The Balaban J connectivity index is 1.59. The molecule has 0 aromatic heterocycles. The molecule has 142 valence electrons. The third-order valence-corrected chi connectivity index (χ3v) is 5.09. The summed E-state index contributed by atoms with van der Waals surface area (Å²) >= 11 is 12.1. The number of aryl methyl sites for hydroxylation is 1. The molecule has 0 fully saturated rings. The van der Waals surface area contributed by atoms with Crippen LogP contribution in [0.25, 0.3) is 0 Å². The van der Waals surface area contributed by atoms with Crippen molar-refractivity contribution in [2.24, 2.45) is 0 Å². The summed E-state index contributed by atoms with van der Waals surface area (Å²) in [5.74, 6) is -0.299. The van der Waals surface area contributed by atoms with E-state index in [4.69, 9.17) is 23.2 Å². The predicted octanol–water partition coefficient (Wildman–Crippen LogP) is 3.84. The molecule has 1 aliphatic rings. The molecule has 7 heteroatoms. The van der Waals surface area contributed by atoms with Crippen molar-refractivity contribution in [1.82, 2.24) is 4.90 Å². The molecule has 2 aromatic rings. The smallest absolute Gasteiger partial charge is 0.241 e. The summed E-state index contributed by atoms with van der Waals surface area (Å²) in [6, 6.07) is 13.0. The Morgan fingerprint density at radius 1 is 1.07 bits per heavy atom. The molecule has 0 aliphatic carbocycles. The summed E-state index contributed by atoms with van der Waals surface area (Å²) < 4.78 is 0. The molecule has 2 amide bonds. The molecule has 1 N–H and O–H groups in total. The molecule has 0 unspecified atom stereocenters. The van der Waals surface area contributed by atoms with E-state index in [1.54, 1.807) is 35.0 Å². The number of nitrogens with zero attached hydrogens (tertiary/aromatic N) is 2. The zero-order valence-electron chi connectivity index (χ0n) is 15.0. The summed E-state index contributed by atoms with van der Waals surface area (Å²) in [5, 5.41) is 3.46. The Labute approximate surface area is 168 Å². The van der Waals surface area contributed by atoms with Crippen LogP contribution < -0.4 is 10.2 Å². The van der Waals surface area contributed by atoms with Crippen molar-refractivity contribution in [2.45, 2.75) is 12.8 Å². The van der Waals surface area contributed by atoms with E-state index in [0.717, 1.165) is 18.5 Å². The van der Waals surface area contributed by atoms with E-state index in [-0.39, 0.29) is 24.9 Å². The lowest BCUT2D eigenvalue weighted by Crippen LogP contribution is -2.43. The van der Waals surface area contributed by atoms with Crippen molar-refractivity contribution in [3.63, 3.8) is 0 Å². The standard InChI is InChI=1S/C20H21Cl2N3O2/c1-24(12-18(26)23-20-15(21)8-4-9-16(20)22)13-19(27)25-11-5-7-14-6-2-3-10-17(14)25/h2-4,6,8-10H,5,7,11-13H2,1H3,(H,23,26). The minimum Gasteiger partial charge on any atom is -0.322 e. The molecular formula is C20H21Cl2N3O2. The van der Waals surface area contributed by atoms with E-state index in [1.807, 2.05) is 18.2 Å². The van der Waals surface area contributed by atoms with Crippen LogP contribution in [0.5, 0.6) is 0 Å². The average molecular weight is 406 g/mol. The minimum atomic E-state index is -0.278. The second-order valence-corrected chi connectivity index (χ2v) is 7.41. The second-order valence-electron chi connectivity index (χ2n) is 6.59. The topological polar surface area (TPSA) is 52.7 Å². The van der Waals surface area contributed by atoms with E-state index in [2.05, 4.69) is 11.4 Å². The quantitative estimate of drug-likeness (QED) is 0.821. The molecule has 1 heterocycles. The molecule has 0 saturated carbocycles. The highest BCUT2D eigenvalue weighted by Crippen LogP contribution is 2.30. The fraction of sp³-hybridized carbons (Fsp3) is 0.300. The summed E-state index contributed by atoms with van der Waals surface area (Å²) in [6.45, 7) is 0.909. The summed E-state index contributed by atoms with van der Waals surface area (Å²) in [6.07, 6.45) is 1.93. The molecule has 0 saturated heterocycles. The number of para-hydroxylation sites is 2. The number of fused-ring (bicyclic) bond motifs is 1. The van der Waals surface area contributed by atoms with Crippen LogP contribution in [-0.4, -0.2) is 43.4 Å². The van der Waals surface area contributed by atoms with Gasteiger partial charge in [0.15, 0.2) is 0 Å². The molecule has 27 heavy (non-hydrogen) atoms. The van der Waals surface area contributed by atoms with Crippen molar-refractivity contribution in [1.29, 1.82) is 0 Å². The lowest BCUT2D eigenvalue weighted by atomic mass is 10.0. The van der Waals surface area contributed by atoms with Crippen LogP contribution >= 0.6 is 23.2 Å². The van der Waals surface area contributed by atoms with E-state index < -0.39 is 0 Å². The number of hydrogen-bond acceptors (Lipinski definition) is 3. The molecule has 1 aliphatic heterocycles. The highest BCUT2D eigenvalue weighted by atomic mass is 35.5. The van der Waals surface area contributed by atoms with E-state index in [1.165, 1.54) is 5.56 Å². The lowest BCUT2D eigenvalue weighted by molar-refractivity contribution is -0.121. The first-order valence-electron chi connectivity index (χ1n) is 8.76. The molecule has 2 aromatic carbocycles. The molecule has 0 radical (unpaired) electrons. The van der Waals surface area contributed by atoms with E-state index >= 15 is 0 Å². The van der Waals surface area contributed by atoms with Gasteiger partial charge in [-0.3, -0.25) is 14.5 Å². The second kappa shape index (κ2) is 8.74.